The van der Waals surface area contributed by atoms with Gasteiger partial charge in [-0.3, -0.25) is 0 Å². The van der Waals surface area contributed by atoms with Crippen LogP contribution < -0.4 is 0 Å². The lowest BCUT2D eigenvalue weighted by molar-refractivity contribution is -0.110. The lowest BCUT2D eigenvalue weighted by Gasteiger charge is -2.13. The van der Waals surface area contributed by atoms with Gasteiger partial charge in [0.05, 0.1) is 5.68 Å². The Morgan fingerprint density at radius 1 is 1.47 bits per heavy atom. The molecular formula is C12H15BClO. The highest BCUT2D eigenvalue weighted by atomic mass is 35.5. The molecule has 0 amide bonds. The molecule has 1 radical (unpaired) electrons. The van der Waals surface area contributed by atoms with Crippen LogP contribution in [0.15, 0.2) is 18.2 Å². The standard InChI is InChI=1S/C12H15BClO/c1-4-12(13-9(3)15)10-5-8(2)6-11(14)7-10/h5-7,12H,4H2,1-3H3/t12-/m1/s1. The van der Waals surface area contributed by atoms with E-state index in [9.17, 15) is 4.79 Å². The van der Waals surface area contributed by atoms with E-state index in [0.29, 0.717) is 0 Å². The molecule has 0 unspecified atom stereocenters. The topological polar surface area (TPSA) is 17.1 Å². The SMILES string of the molecule is CC[C@@H]([B]C(C)=O)c1cc(C)cc(Cl)c1. The van der Waals surface area contributed by atoms with Gasteiger partial charge >= 0.3 is 0 Å². The zero-order chi connectivity index (χ0) is 11.4. The van der Waals surface area contributed by atoms with Crippen molar-refractivity contribution in [3.63, 3.8) is 0 Å². The van der Waals surface area contributed by atoms with Gasteiger partial charge in [0.15, 0.2) is 0 Å². The molecule has 0 spiro atoms. The summed E-state index contributed by atoms with van der Waals surface area (Å²) in [6.07, 6.45) is 0.916. The molecular weight excluding hydrogens is 206 g/mol. The molecule has 0 bridgehead atoms. The van der Waals surface area contributed by atoms with E-state index in [1.807, 2.05) is 19.1 Å². The summed E-state index contributed by atoms with van der Waals surface area (Å²) in [5.74, 6) is 0.180. The lowest BCUT2D eigenvalue weighted by Crippen LogP contribution is -2.15. The van der Waals surface area contributed by atoms with E-state index >= 15 is 0 Å². The second-order valence-corrected chi connectivity index (χ2v) is 4.29. The highest BCUT2D eigenvalue weighted by Gasteiger charge is 2.14. The molecule has 0 N–H and O–H groups in total. The maximum Gasteiger partial charge on any atom is 0.210 e. The van der Waals surface area contributed by atoms with Crippen LogP contribution in [-0.4, -0.2) is 13.0 Å². The fourth-order valence-corrected chi connectivity index (χ4v) is 2.01. The molecule has 15 heavy (non-hydrogen) atoms. The minimum atomic E-state index is 0.111. The molecule has 1 nitrogen and oxygen atoms in total. The third kappa shape index (κ3) is 3.71. The van der Waals surface area contributed by atoms with Crippen LogP contribution in [0.4, 0.5) is 0 Å². The van der Waals surface area contributed by atoms with Gasteiger partial charge in [-0.25, -0.2) is 0 Å². The first-order chi connectivity index (χ1) is 7.02. The molecule has 0 fully saturated rings. The highest BCUT2D eigenvalue weighted by molar-refractivity contribution is 6.74. The number of halogens is 1. The Bertz CT molecular complexity index is 342. The molecule has 0 saturated heterocycles. The predicted octanol–water partition coefficient (Wildman–Crippen LogP) is 3.35. The van der Waals surface area contributed by atoms with Crippen molar-refractivity contribution in [2.75, 3.05) is 0 Å². The second-order valence-electron chi connectivity index (χ2n) is 3.85. The fraction of sp³-hybridized carbons (Fsp3) is 0.417. The molecule has 0 saturated carbocycles. The Labute approximate surface area is 97.1 Å². The van der Waals surface area contributed by atoms with Gasteiger partial charge in [-0.15, -0.1) is 0 Å². The van der Waals surface area contributed by atoms with Crippen molar-refractivity contribution in [3.05, 3.63) is 34.3 Å². The van der Waals surface area contributed by atoms with Gasteiger partial charge in [-0.05, 0) is 37.4 Å². The normalized spacial score (nSPS) is 12.3. The molecule has 79 valence electrons. The number of benzene rings is 1. The Kier molecular flexibility index (Phi) is 4.40. The molecule has 0 aliphatic rings. The van der Waals surface area contributed by atoms with Crippen molar-refractivity contribution in [1.29, 1.82) is 0 Å². The van der Waals surface area contributed by atoms with Gasteiger partial charge in [0.1, 0.15) is 0 Å². The van der Waals surface area contributed by atoms with Crippen LogP contribution >= 0.6 is 11.6 Å². The lowest BCUT2D eigenvalue weighted by atomic mass is 9.58. The molecule has 1 atom stereocenters. The first kappa shape index (κ1) is 12.3. The van der Waals surface area contributed by atoms with E-state index in [0.717, 1.165) is 22.6 Å². The van der Waals surface area contributed by atoms with Crippen LogP contribution in [0.3, 0.4) is 0 Å². The Morgan fingerprint density at radius 3 is 2.60 bits per heavy atom. The van der Waals surface area contributed by atoms with Crippen LogP contribution in [0.1, 0.15) is 37.2 Å². The van der Waals surface area contributed by atoms with Crippen LogP contribution in [0.5, 0.6) is 0 Å². The van der Waals surface area contributed by atoms with E-state index in [1.165, 1.54) is 0 Å². The monoisotopic (exact) mass is 221 g/mol. The van der Waals surface area contributed by atoms with Gasteiger partial charge < -0.3 is 4.79 Å². The molecule has 3 heteroatoms. The molecule has 1 rings (SSSR count). The first-order valence-corrected chi connectivity index (χ1v) is 5.53. The third-order valence-corrected chi connectivity index (χ3v) is 2.59. The summed E-state index contributed by atoms with van der Waals surface area (Å²) < 4.78 is 0. The zero-order valence-corrected chi connectivity index (χ0v) is 10.1. The number of hydrogen-bond acceptors (Lipinski definition) is 1. The number of aryl methyl sites for hydroxylation is 1. The average molecular weight is 222 g/mol. The maximum absolute atomic E-state index is 11.1. The minimum absolute atomic E-state index is 0.111. The summed E-state index contributed by atoms with van der Waals surface area (Å²) in [6, 6.07) is 5.94. The summed E-state index contributed by atoms with van der Waals surface area (Å²) in [5.41, 5.74) is 2.37. The summed E-state index contributed by atoms with van der Waals surface area (Å²) in [6.45, 7) is 5.66. The van der Waals surface area contributed by atoms with E-state index in [1.54, 1.807) is 14.2 Å². The van der Waals surface area contributed by atoms with Crippen molar-refractivity contribution in [2.24, 2.45) is 0 Å². The Balaban J connectivity index is 2.95. The van der Waals surface area contributed by atoms with Crippen molar-refractivity contribution in [1.82, 2.24) is 0 Å². The summed E-state index contributed by atoms with van der Waals surface area (Å²) in [4.78, 5) is 11.1. The largest absolute Gasteiger partial charge is 0.312 e. The smallest absolute Gasteiger partial charge is 0.210 e. The molecule has 0 aromatic heterocycles. The Hall–Kier alpha value is -0.755. The highest BCUT2D eigenvalue weighted by Crippen LogP contribution is 2.23. The van der Waals surface area contributed by atoms with E-state index in [-0.39, 0.29) is 11.5 Å². The van der Waals surface area contributed by atoms with Crippen molar-refractivity contribution >= 4 is 24.6 Å². The van der Waals surface area contributed by atoms with Crippen molar-refractivity contribution in [3.8, 4) is 0 Å². The van der Waals surface area contributed by atoms with Gasteiger partial charge in [0.2, 0.25) is 7.28 Å². The fourth-order valence-electron chi connectivity index (χ4n) is 1.71. The quantitative estimate of drug-likeness (QED) is 0.713. The molecule has 0 aliphatic heterocycles. The number of carbonyl (C=O) groups excluding carboxylic acids is 1. The van der Waals surface area contributed by atoms with Crippen molar-refractivity contribution < 1.29 is 4.79 Å². The molecule has 0 aliphatic carbocycles. The molecule has 0 heterocycles. The summed E-state index contributed by atoms with van der Waals surface area (Å²) in [7, 11) is 1.76. The number of carbonyl (C=O) groups is 1. The van der Waals surface area contributed by atoms with E-state index < -0.39 is 0 Å². The first-order valence-electron chi connectivity index (χ1n) is 5.15. The van der Waals surface area contributed by atoms with Crippen LogP contribution in [0.25, 0.3) is 0 Å². The van der Waals surface area contributed by atoms with Crippen LogP contribution in [0.2, 0.25) is 5.02 Å². The zero-order valence-electron chi connectivity index (χ0n) is 9.38. The van der Waals surface area contributed by atoms with Crippen molar-refractivity contribution in [2.45, 2.75) is 33.0 Å². The predicted molar refractivity (Wildman–Crippen MR) is 65.7 cm³/mol. The number of hydrogen-bond donors (Lipinski definition) is 0. The van der Waals surface area contributed by atoms with Gasteiger partial charge in [-0.2, -0.15) is 0 Å². The maximum atomic E-state index is 11.1. The average Bonchev–Trinajstić information content (AvgIpc) is 2.12. The third-order valence-electron chi connectivity index (χ3n) is 2.37. The number of rotatable bonds is 4. The van der Waals surface area contributed by atoms with Gasteiger partial charge in [0, 0.05) is 5.02 Å². The second kappa shape index (κ2) is 5.36. The van der Waals surface area contributed by atoms with Crippen LogP contribution in [-0.2, 0) is 4.79 Å². The summed E-state index contributed by atoms with van der Waals surface area (Å²) >= 11 is 5.99. The minimum Gasteiger partial charge on any atom is -0.312 e. The van der Waals surface area contributed by atoms with E-state index in [4.69, 9.17) is 11.6 Å². The van der Waals surface area contributed by atoms with E-state index in [2.05, 4.69) is 13.0 Å². The molecule has 1 aromatic rings. The Morgan fingerprint density at radius 2 is 2.13 bits per heavy atom. The van der Waals surface area contributed by atoms with Gasteiger partial charge in [-0.1, -0.05) is 36.6 Å². The van der Waals surface area contributed by atoms with Gasteiger partial charge in [0.25, 0.3) is 0 Å². The molecule has 1 aromatic carbocycles. The summed E-state index contributed by atoms with van der Waals surface area (Å²) in [5, 5.41) is 0.736. The van der Waals surface area contributed by atoms with Crippen LogP contribution in [0, 0.1) is 6.92 Å².